The summed E-state index contributed by atoms with van der Waals surface area (Å²) in [5.41, 5.74) is 7.49. The molecule has 2 aromatic carbocycles. The van der Waals surface area contributed by atoms with Gasteiger partial charge in [0.25, 0.3) is 0 Å². The van der Waals surface area contributed by atoms with Crippen molar-refractivity contribution in [1.82, 2.24) is 15.0 Å². The maximum absolute atomic E-state index is 13.8. The van der Waals surface area contributed by atoms with Crippen molar-refractivity contribution in [3.63, 3.8) is 0 Å². The summed E-state index contributed by atoms with van der Waals surface area (Å²) in [7, 11) is 0. The molecule has 0 spiro atoms. The summed E-state index contributed by atoms with van der Waals surface area (Å²) in [5.74, 6) is -0.219. The predicted molar refractivity (Wildman–Crippen MR) is 162 cm³/mol. The summed E-state index contributed by atoms with van der Waals surface area (Å²) in [6.45, 7) is 6.28. The molecule has 0 bridgehead atoms. The van der Waals surface area contributed by atoms with E-state index in [4.69, 9.17) is 9.97 Å². The number of aromatic nitrogens is 3. The standard InChI is InChI=1S/C31H28N4OS2.CH4/c1-19-28(38-20(2)33-19)31(3)26-7-5-4-6-24(26)17-27(31)29(36)35-30-34-25(18-37-30)16-21-8-10-22(11-9-21)23-12-14-32-15-13-23;/h4-15,18,27H,16-17H2,1-3H3,(H,34,35,36);1H4/t27-,31-;/m0./s1. The van der Waals surface area contributed by atoms with Gasteiger partial charge in [-0.15, -0.1) is 22.7 Å². The molecular weight excluding hydrogens is 521 g/mol. The SMILES string of the molecule is C.Cc1nc(C)c([C@@]2(C)c3ccccc3C[C@H]2C(=O)Nc2nc(Cc3ccc(-c4ccncc4)cc3)cs2)s1. The Morgan fingerprint density at radius 3 is 2.44 bits per heavy atom. The number of carbonyl (C=O) groups excluding carboxylic acids is 1. The monoisotopic (exact) mass is 552 g/mol. The number of amides is 1. The first-order valence-corrected chi connectivity index (χ1v) is 14.4. The topological polar surface area (TPSA) is 67.8 Å². The van der Waals surface area contributed by atoms with Crippen LogP contribution >= 0.6 is 22.7 Å². The van der Waals surface area contributed by atoms with Gasteiger partial charge >= 0.3 is 0 Å². The van der Waals surface area contributed by atoms with E-state index >= 15 is 0 Å². The lowest BCUT2D eigenvalue weighted by molar-refractivity contribution is -0.121. The van der Waals surface area contributed by atoms with Crippen LogP contribution < -0.4 is 5.32 Å². The van der Waals surface area contributed by atoms with Crippen LogP contribution in [0.25, 0.3) is 11.1 Å². The summed E-state index contributed by atoms with van der Waals surface area (Å²) >= 11 is 3.18. The third-order valence-electron chi connectivity index (χ3n) is 7.52. The summed E-state index contributed by atoms with van der Waals surface area (Å²) in [4.78, 5) is 28.5. The zero-order chi connectivity index (χ0) is 26.3. The molecule has 39 heavy (non-hydrogen) atoms. The van der Waals surface area contributed by atoms with Crippen LogP contribution in [-0.4, -0.2) is 20.9 Å². The quantitative estimate of drug-likeness (QED) is 0.235. The molecule has 0 saturated carbocycles. The molecule has 0 radical (unpaired) electrons. The highest BCUT2D eigenvalue weighted by molar-refractivity contribution is 7.14. The van der Waals surface area contributed by atoms with Gasteiger partial charge in [0.1, 0.15) is 0 Å². The van der Waals surface area contributed by atoms with E-state index in [0.29, 0.717) is 11.6 Å². The number of aryl methyl sites for hydroxylation is 2. The van der Waals surface area contributed by atoms with Gasteiger partial charge in [0.15, 0.2) is 5.13 Å². The minimum Gasteiger partial charge on any atom is -0.302 e. The second kappa shape index (κ2) is 10.8. The zero-order valence-corrected chi connectivity index (χ0v) is 23.2. The molecule has 1 amide bonds. The zero-order valence-electron chi connectivity index (χ0n) is 21.6. The lowest BCUT2D eigenvalue weighted by Gasteiger charge is -2.31. The summed E-state index contributed by atoms with van der Waals surface area (Å²) in [6, 6.07) is 21.0. The highest BCUT2D eigenvalue weighted by atomic mass is 32.1. The molecule has 3 heterocycles. The molecule has 5 aromatic rings. The first kappa shape index (κ1) is 26.9. The Balaban J connectivity index is 0.00000308. The molecule has 7 heteroatoms. The maximum atomic E-state index is 13.8. The minimum absolute atomic E-state index is 0. The average molecular weight is 553 g/mol. The van der Waals surface area contributed by atoms with Crippen molar-refractivity contribution in [2.45, 2.75) is 46.5 Å². The first-order valence-electron chi connectivity index (χ1n) is 12.7. The van der Waals surface area contributed by atoms with Gasteiger partial charge in [-0.3, -0.25) is 9.78 Å². The molecule has 1 aliphatic rings. The van der Waals surface area contributed by atoms with E-state index in [-0.39, 0.29) is 19.3 Å². The third-order valence-corrected chi connectivity index (χ3v) is 9.64. The molecule has 6 rings (SSSR count). The fraction of sp³-hybridized carbons (Fsp3) is 0.250. The van der Waals surface area contributed by atoms with Crippen LogP contribution in [0.15, 0.2) is 78.4 Å². The van der Waals surface area contributed by atoms with Crippen molar-refractivity contribution in [1.29, 1.82) is 0 Å². The number of thiazole rings is 2. The van der Waals surface area contributed by atoms with Gasteiger partial charge in [-0.25, -0.2) is 9.97 Å². The molecule has 0 unspecified atom stereocenters. The van der Waals surface area contributed by atoms with E-state index < -0.39 is 5.41 Å². The average Bonchev–Trinajstić information content (AvgIpc) is 3.61. The number of benzene rings is 2. The van der Waals surface area contributed by atoms with Crippen LogP contribution in [0.3, 0.4) is 0 Å². The fourth-order valence-electron chi connectivity index (χ4n) is 5.67. The molecule has 0 fully saturated rings. The van der Waals surface area contributed by atoms with Crippen molar-refractivity contribution in [3.8, 4) is 11.1 Å². The smallest absolute Gasteiger partial charge is 0.230 e. The van der Waals surface area contributed by atoms with Crippen LogP contribution in [0.4, 0.5) is 5.13 Å². The van der Waals surface area contributed by atoms with Crippen molar-refractivity contribution < 1.29 is 4.79 Å². The molecule has 5 nitrogen and oxygen atoms in total. The Morgan fingerprint density at radius 2 is 1.72 bits per heavy atom. The highest BCUT2D eigenvalue weighted by Gasteiger charge is 2.49. The number of rotatable bonds is 6. The second-order valence-corrected chi connectivity index (χ2v) is 12.1. The number of anilines is 1. The Hall–Kier alpha value is -3.68. The Labute approximate surface area is 238 Å². The van der Waals surface area contributed by atoms with Crippen LogP contribution in [0.2, 0.25) is 0 Å². The predicted octanol–water partition coefficient (Wildman–Crippen LogP) is 7.62. The van der Waals surface area contributed by atoms with E-state index in [2.05, 4.69) is 72.7 Å². The van der Waals surface area contributed by atoms with E-state index in [1.807, 2.05) is 24.4 Å². The number of fused-ring (bicyclic) bond motifs is 1. The molecule has 2 atom stereocenters. The van der Waals surface area contributed by atoms with Crippen molar-refractivity contribution in [2.24, 2.45) is 5.92 Å². The highest BCUT2D eigenvalue weighted by Crippen LogP contribution is 2.50. The lowest BCUT2D eigenvalue weighted by atomic mass is 9.74. The van der Waals surface area contributed by atoms with Crippen LogP contribution in [0, 0.1) is 19.8 Å². The van der Waals surface area contributed by atoms with Crippen molar-refractivity contribution in [2.75, 3.05) is 5.32 Å². The molecule has 1 N–H and O–H groups in total. The maximum Gasteiger partial charge on any atom is 0.230 e. The van der Waals surface area contributed by atoms with Gasteiger partial charge in [0, 0.05) is 34.5 Å². The first-order chi connectivity index (χ1) is 18.4. The van der Waals surface area contributed by atoms with Gasteiger partial charge in [-0.2, -0.15) is 0 Å². The van der Waals surface area contributed by atoms with Gasteiger partial charge in [0.05, 0.1) is 22.3 Å². The number of nitrogens with one attached hydrogen (secondary N) is 1. The van der Waals surface area contributed by atoms with E-state index in [0.717, 1.165) is 33.9 Å². The molecule has 1 aliphatic carbocycles. The van der Waals surface area contributed by atoms with E-state index in [9.17, 15) is 4.79 Å². The number of carbonyl (C=O) groups is 1. The molecule has 0 aliphatic heterocycles. The summed E-state index contributed by atoms with van der Waals surface area (Å²) in [6.07, 6.45) is 5.04. The Morgan fingerprint density at radius 1 is 1.00 bits per heavy atom. The van der Waals surface area contributed by atoms with Crippen LogP contribution in [-0.2, 0) is 23.1 Å². The van der Waals surface area contributed by atoms with Gasteiger partial charge in [-0.1, -0.05) is 56.0 Å². The van der Waals surface area contributed by atoms with Crippen molar-refractivity contribution in [3.05, 3.63) is 116 Å². The lowest BCUT2D eigenvalue weighted by Crippen LogP contribution is -2.38. The van der Waals surface area contributed by atoms with E-state index in [1.165, 1.54) is 32.9 Å². The molecular formula is C32H32N4OS2. The fourth-order valence-corrected chi connectivity index (χ4v) is 7.52. The van der Waals surface area contributed by atoms with E-state index in [1.54, 1.807) is 23.7 Å². The van der Waals surface area contributed by atoms with Gasteiger partial charge in [0.2, 0.25) is 5.91 Å². The number of hydrogen-bond acceptors (Lipinski definition) is 6. The van der Waals surface area contributed by atoms with Crippen LogP contribution in [0.5, 0.6) is 0 Å². The number of hydrogen-bond donors (Lipinski definition) is 1. The Bertz CT molecular complexity index is 1610. The minimum atomic E-state index is -0.423. The number of pyridine rings is 1. The normalized spacial score (nSPS) is 17.9. The summed E-state index contributed by atoms with van der Waals surface area (Å²) in [5, 5.41) is 6.86. The molecule has 198 valence electrons. The van der Waals surface area contributed by atoms with Crippen molar-refractivity contribution >= 4 is 33.7 Å². The van der Waals surface area contributed by atoms with Gasteiger partial charge in [-0.05, 0) is 67.1 Å². The van der Waals surface area contributed by atoms with Crippen LogP contribution in [0.1, 0.15) is 52.3 Å². The Kier molecular flexibility index (Phi) is 7.47. The van der Waals surface area contributed by atoms with Gasteiger partial charge < -0.3 is 5.32 Å². The molecule has 3 aromatic heterocycles. The second-order valence-electron chi connectivity index (χ2n) is 10.0. The third kappa shape index (κ3) is 5.04. The molecule has 0 saturated heterocycles. The number of nitrogens with zero attached hydrogens (tertiary/aromatic N) is 3. The summed E-state index contributed by atoms with van der Waals surface area (Å²) < 4.78 is 0. The largest absolute Gasteiger partial charge is 0.302 e.